The van der Waals surface area contributed by atoms with Crippen LogP contribution < -0.4 is 5.73 Å². The van der Waals surface area contributed by atoms with Crippen LogP contribution in [0.2, 0.25) is 5.02 Å². The third kappa shape index (κ3) is 3.58. The average Bonchev–Trinajstić information content (AvgIpc) is 2.52. The Hall–Kier alpha value is -2.93. The van der Waals surface area contributed by atoms with Gasteiger partial charge < -0.3 is 10.6 Å². The van der Waals surface area contributed by atoms with E-state index < -0.39 is 10.9 Å². The molecule has 0 aromatic heterocycles. The standard InChI is InChI=1S/C14H10ClN3O4/c15-12-4-2-1-3-11(12)14(19)22-17-13(16)9-5-7-10(8-6-9)18(20)21/h1-8H,(H2,16,17). The maximum Gasteiger partial charge on any atom is 0.367 e. The van der Waals surface area contributed by atoms with Crippen molar-refractivity contribution in [2.45, 2.75) is 0 Å². The SMILES string of the molecule is N/C(=N/OC(=O)c1ccccc1Cl)c1ccc([N+](=O)[O-])cc1. The highest BCUT2D eigenvalue weighted by atomic mass is 35.5. The van der Waals surface area contributed by atoms with Gasteiger partial charge in [0, 0.05) is 17.7 Å². The molecule has 0 heterocycles. The second-order valence-electron chi connectivity index (χ2n) is 4.14. The molecule has 2 aromatic rings. The number of nitro benzene ring substituents is 1. The summed E-state index contributed by atoms with van der Waals surface area (Å²) in [6, 6.07) is 11.7. The van der Waals surface area contributed by atoms with Crippen LogP contribution in [0.15, 0.2) is 53.7 Å². The molecule has 22 heavy (non-hydrogen) atoms. The van der Waals surface area contributed by atoms with Crippen LogP contribution in [0, 0.1) is 10.1 Å². The van der Waals surface area contributed by atoms with Gasteiger partial charge in [-0.15, -0.1) is 0 Å². The van der Waals surface area contributed by atoms with Gasteiger partial charge in [-0.05, 0) is 24.3 Å². The molecular weight excluding hydrogens is 310 g/mol. The van der Waals surface area contributed by atoms with Crippen LogP contribution in [0.4, 0.5) is 5.69 Å². The summed E-state index contributed by atoms with van der Waals surface area (Å²) >= 11 is 5.85. The van der Waals surface area contributed by atoms with E-state index in [1.165, 1.54) is 30.3 Å². The third-order valence-corrected chi connectivity index (χ3v) is 3.02. The van der Waals surface area contributed by atoms with E-state index in [1.807, 2.05) is 0 Å². The number of carbonyl (C=O) groups excluding carboxylic acids is 1. The van der Waals surface area contributed by atoms with E-state index in [-0.39, 0.29) is 22.1 Å². The Morgan fingerprint density at radius 2 is 1.82 bits per heavy atom. The van der Waals surface area contributed by atoms with Crippen molar-refractivity contribution < 1.29 is 14.6 Å². The Morgan fingerprint density at radius 3 is 2.41 bits per heavy atom. The Morgan fingerprint density at radius 1 is 1.18 bits per heavy atom. The van der Waals surface area contributed by atoms with Crippen LogP contribution in [-0.4, -0.2) is 16.7 Å². The summed E-state index contributed by atoms with van der Waals surface area (Å²) in [7, 11) is 0. The summed E-state index contributed by atoms with van der Waals surface area (Å²) in [5, 5.41) is 14.3. The lowest BCUT2D eigenvalue weighted by Gasteiger charge is -2.02. The first-order chi connectivity index (χ1) is 10.5. The molecule has 0 aliphatic heterocycles. The molecule has 0 aliphatic carbocycles. The number of non-ortho nitro benzene ring substituents is 1. The molecule has 0 atom stereocenters. The van der Waals surface area contributed by atoms with Gasteiger partial charge in [0.05, 0.1) is 15.5 Å². The summed E-state index contributed by atoms with van der Waals surface area (Å²) in [5.74, 6) is -0.842. The molecule has 2 rings (SSSR count). The van der Waals surface area contributed by atoms with Crippen LogP contribution in [0.1, 0.15) is 15.9 Å². The van der Waals surface area contributed by atoms with Crippen molar-refractivity contribution in [2.24, 2.45) is 10.9 Å². The molecule has 0 amide bonds. The van der Waals surface area contributed by atoms with Gasteiger partial charge in [0.1, 0.15) is 0 Å². The quantitative estimate of drug-likeness (QED) is 0.306. The van der Waals surface area contributed by atoms with Crippen molar-refractivity contribution in [2.75, 3.05) is 0 Å². The fraction of sp³-hybridized carbons (Fsp3) is 0. The molecule has 0 radical (unpaired) electrons. The Kier molecular flexibility index (Phi) is 4.70. The predicted molar refractivity (Wildman–Crippen MR) is 80.7 cm³/mol. The van der Waals surface area contributed by atoms with Crippen molar-refractivity contribution in [3.05, 3.63) is 74.8 Å². The molecule has 0 spiro atoms. The lowest BCUT2D eigenvalue weighted by atomic mass is 10.2. The van der Waals surface area contributed by atoms with Crippen molar-refractivity contribution in [3.8, 4) is 0 Å². The zero-order valence-electron chi connectivity index (χ0n) is 11.1. The molecule has 8 heteroatoms. The van der Waals surface area contributed by atoms with Gasteiger partial charge in [-0.3, -0.25) is 10.1 Å². The van der Waals surface area contributed by atoms with E-state index in [4.69, 9.17) is 22.2 Å². The van der Waals surface area contributed by atoms with Crippen LogP contribution in [0.25, 0.3) is 0 Å². The fourth-order valence-corrected chi connectivity index (χ4v) is 1.79. The molecule has 2 aromatic carbocycles. The number of carbonyl (C=O) groups is 1. The summed E-state index contributed by atoms with van der Waals surface area (Å²) in [6.07, 6.45) is 0. The van der Waals surface area contributed by atoms with Crippen molar-refractivity contribution in [1.82, 2.24) is 0 Å². The van der Waals surface area contributed by atoms with Crippen LogP contribution >= 0.6 is 11.6 Å². The number of amidine groups is 1. The highest BCUT2D eigenvalue weighted by molar-refractivity contribution is 6.33. The van der Waals surface area contributed by atoms with Gasteiger partial charge in [0.2, 0.25) is 0 Å². The van der Waals surface area contributed by atoms with Gasteiger partial charge in [0.25, 0.3) is 5.69 Å². The number of benzene rings is 2. The first-order valence-corrected chi connectivity index (χ1v) is 6.41. The molecule has 0 saturated heterocycles. The summed E-state index contributed by atoms with van der Waals surface area (Å²) < 4.78 is 0. The highest BCUT2D eigenvalue weighted by Crippen LogP contribution is 2.16. The molecule has 112 valence electrons. The molecular formula is C14H10ClN3O4. The average molecular weight is 320 g/mol. The number of oxime groups is 1. The molecule has 0 fully saturated rings. The van der Waals surface area contributed by atoms with Crippen LogP contribution in [-0.2, 0) is 4.84 Å². The topological polar surface area (TPSA) is 108 Å². The molecule has 0 aliphatic rings. The largest absolute Gasteiger partial charge is 0.380 e. The molecule has 0 saturated carbocycles. The Labute approximate surface area is 130 Å². The van der Waals surface area contributed by atoms with Gasteiger partial charge in [-0.2, -0.15) is 0 Å². The second kappa shape index (κ2) is 6.68. The predicted octanol–water partition coefficient (Wildman–Crippen LogP) is 2.73. The van der Waals surface area contributed by atoms with Crippen LogP contribution in [0.5, 0.6) is 0 Å². The number of hydrogen-bond donors (Lipinski definition) is 1. The first-order valence-electron chi connectivity index (χ1n) is 6.03. The normalized spacial score (nSPS) is 11.0. The zero-order chi connectivity index (χ0) is 16.1. The minimum Gasteiger partial charge on any atom is -0.380 e. The van der Waals surface area contributed by atoms with E-state index in [1.54, 1.807) is 18.2 Å². The lowest BCUT2D eigenvalue weighted by Crippen LogP contribution is -2.15. The van der Waals surface area contributed by atoms with E-state index in [0.29, 0.717) is 5.56 Å². The molecule has 2 N–H and O–H groups in total. The van der Waals surface area contributed by atoms with E-state index in [9.17, 15) is 14.9 Å². The number of nitrogens with zero attached hydrogens (tertiary/aromatic N) is 2. The first kappa shape index (κ1) is 15.5. The molecule has 0 bridgehead atoms. The summed E-state index contributed by atoms with van der Waals surface area (Å²) in [4.78, 5) is 26.5. The number of nitrogens with two attached hydrogens (primary N) is 1. The van der Waals surface area contributed by atoms with E-state index in [2.05, 4.69) is 5.16 Å². The van der Waals surface area contributed by atoms with Gasteiger partial charge in [-0.1, -0.05) is 28.9 Å². The summed E-state index contributed by atoms with van der Waals surface area (Å²) in [5.41, 5.74) is 6.12. The Bertz CT molecular complexity index is 744. The Balaban J connectivity index is 2.11. The fourth-order valence-electron chi connectivity index (χ4n) is 1.57. The molecule has 7 nitrogen and oxygen atoms in total. The maximum absolute atomic E-state index is 11.8. The minimum atomic E-state index is -0.754. The molecule has 0 unspecified atom stereocenters. The number of nitro groups is 1. The monoisotopic (exact) mass is 319 g/mol. The van der Waals surface area contributed by atoms with Crippen molar-refractivity contribution in [1.29, 1.82) is 0 Å². The van der Waals surface area contributed by atoms with Crippen LogP contribution in [0.3, 0.4) is 0 Å². The second-order valence-corrected chi connectivity index (χ2v) is 4.55. The lowest BCUT2D eigenvalue weighted by molar-refractivity contribution is -0.384. The minimum absolute atomic E-state index is 0.0791. The van der Waals surface area contributed by atoms with Gasteiger partial charge >= 0.3 is 5.97 Å². The number of hydrogen-bond acceptors (Lipinski definition) is 5. The number of halogens is 1. The highest BCUT2D eigenvalue weighted by Gasteiger charge is 2.12. The maximum atomic E-state index is 11.8. The van der Waals surface area contributed by atoms with E-state index in [0.717, 1.165) is 0 Å². The van der Waals surface area contributed by atoms with Gasteiger partial charge in [-0.25, -0.2) is 4.79 Å². The van der Waals surface area contributed by atoms with Crippen molar-refractivity contribution >= 4 is 29.1 Å². The van der Waals surface area contributed by atoms with Gasteiger partial charge in [0.15, 0.2) is 5.84 Å². The van der Waals surface area contributed by atoms with Crippen molar-refractivity contribution in [3.63, 3.8) is 0 Å². The number of rotatable bonds is 4. The van der Waals surface area contributed by atoms with E-state index >= 15 is 0 Å². The smallest absolute Gasteiger partial charge is 0.367 e. The third-order valence-electron chi connectivity index (χ3n) is 2.69. The summed E-state index contributed by atoms with van der Waals surface area (Å²) in [6.45, 7) is 0. The zero-order valence-corrected chi connectivity index (χ0v) is 11.9.